The maximum atomic E-state index is 5.68. The summed E-state index contributed by atoms with van der Waals surface area (Å²) in [4.78, 5) is 11.3. The highest BCUT2D eigenvalue weighted by Gasteiger charge is 2.19. The van der Waals surface area contributed by atoms with Crippen LogP contribution in [0.1, 0.15) is 49.9 Å². The number of nitrogens with zero attached hydrogens (tertiary/aromatic N) is 3. The van der Waals surface area contributed by atoms with E-state index in [2.05, 4.69) is 21.9 Å². The standard InChI is InChI=1S/C14H24N4/c1-11-9-12(10-15)17-14(16-11)18(2)13-7-5-3-4-6-8-13/h9,13H,3-8,10,15H2,1-2H3. The summed E-state index contributed by atoms with van der Waals surface area (Å²) < 4.78 is 0. The molecule has 1 fully saturated rings. The largest absolute Gasteiger partial charge is 0.341 e. The van der Waals surface area contributed by atoms with Gasteiger partial charge >= 0.3 is 0 Å². The van der Waals surface area contributed by atoms with Crippen molar-refractivity contribution in [2.24, 2.45) is 5.73 Å². The molecule has 0 bridgehead atoms. The Balaban J connectivity index is 2.15. The minimum atomic E-state index is 0.481. The zero-order valence-electron chi connectivity index (χ0n) is 11.5. The molecular weight excluding hydrogens is 224 g/mol. The molecule has 0 spiro atoms. The third-order valence-electron chi connectivity index (χ3n) is 3.79. The van der Waals surface area contributed by atoms with E-state index in [9.17, 15) is 0 Å². The quantitative estimate of drug-likeness (QED) is 0.835. The number of aryl methyl sites for hydroxylation is 1. The van der Waals surface area contributed by atoms with Crippen molar-refractivity contribution in [1.82, 2.24) is 9.97 Å². The van der Waals surface area contributed by atoms with Gasteiger partial charge in [-0.25, -0.2) is 9.97 Å². The van der Waals surface area contributed by atoms with Gasteiger partial charge in [-0.3, -0.25) is 0 Å². The first-order chi connectivity index (χ1) is 8.70. The Hall–Kier alpha value is -1.16. The van der Waals surface area contributed by atoms with Gasteiger partial charge in [0.05, 0.1) is 5.69 Å². The Labute approximate surface area is 110 Å². The summed E-state index contributed by atoms with van der Waals surface area (Å²) in [5.74, 6) is 0.836. The number of anilines is 1. The minimum absolute atomic E-state index is 0.481. The van der Waals surface area contributed by atoms with E-state index in [1.807, 2.05) is 13.0 Å². The van der Waals surface area contributed by atoms with Crippen LogP contribution >= 0.6 is 0 Å². The lowest BCUT2D eigenvalue weighted by Crippen LogP contribution is -2.33. The number of nitrogens with two attached hydrogens (primary N) is 1. The van der Waals surface area contributed by atoms with E-state index >= 15 is 0 Å². The molecule has 100 valence electrons. The fourth-order valence-corrected chi connectivity index (χ4v) is 2.69. The molecular formula is C14H24N4. The van der Waals surface area contributed by atoms with Crippen molar-refractivity contribution >= 4 is 5.95 Å². The van der Waals surface area contributed by atoms with Crippen molar-refractivity contribution < 1.29 is 0 Å². The molecule has 0 amide bonds. The molecule has 0 aliphatic heterocycles. The van der Waals surface area contributed by atoms with Gasteiger partial charge in [0, 0.05) is 25.3 Å². The Kier molecular flexibility index (Phi) is 4.53. The first kappa shape index (κ1) is 13.3. The minimum Gasteiger partial charge on any atom is -0.341 e. The van der Waals surface area contributed by atoms with Crippen LogP contribution in [0.15, 0.2) is 6.07 Å². The van der Waals surface area contributed by atoms with Crippen LogP contribution in [0.25, 0.3) is 0 Å². The number of hydrogen-bond acceptors (Lipinski definition) is 4. The average Bonchev–Trinajstić information content (AvgIpc) is 2.65. The van der Waals surface area contributed by atoms with Gasteiger partial charge in [0.1, 0.15) is 0 Å². The van der Waals surface area contributed by atoms with Gasteiger partial charge in [-0.1, -0.05) is 25.7 Å². The summed E-state index contributed by atoms with van der Waals surface area (Å²) in [7, 11) is 2.12. The van der Waals surface area contributed by atoms with Crippen LogP contribution in [-0.4, -0.2) is 23.1 Å². The van der Waals surface area contributed by atoms with Crippen LogP contribution in [0.2, 0.25) is 0 Å². The molecule has 0 saturated heterocycles. The van der Waals surface area contributed by atoms with Gasteiger partial charge in [0.25, 0.3) is 0 Å². The Morgan fingerprint density at radius 1 is 1.22 bits per heavy atom. The molecule has 0 unspecified atom stereocenters. The van der Waals surface area contributed by atoms with Crippen LogP contribution in [0, 0.1) is 6.92 Å². The molecule has 1 aromatic heterocycles. The topological polar surface area (TPSA) is 55.0 Å². The molecule has 0 atom stereocenters. The highest BCUT2D eigenvalue weighted by Crippen LogP contribution is 2.23. The highest BCUT2D eigenvalue weighted by molar-refractivity contribution is 5.32. The molecule has 0 aromatic carbocycles. The number of aromatic nitrogens is 2. The molecule has 2 N–H and O–H groups in total. The Morgan fingerprint density at radius 2 is 1.89 bits per heavy atom. The maximum Gasteiger partial charge on any atom is 0.225 e. The Morgan fingerprint density at radius 3 is 2.50 bits per heavy atom. The van der Waals surface area contributed by atoms with Crippen molar-refractivity contribution in [1.29, 1.82) is 0 Å². The second-order valence-electron chi connectivity index (χ2n) is 5.26. The predicted molar refractivity (Wildman–Crippen MR) is 74.6 cm³/mol. The van der Waals surface area contributed by atoms with Crippen LogP contribution in [0.4, 0.5) is 5.95 Å². The monoisotopic (exact) mass is 248 g/mol. The van der Waals surface area contributed by atoms with Crippen LogP contribution < -0.4 is 10.6 Å². The Bertz CT molecular complexity index is 383. The van der Waals surface area contributed by atoms with Crippen LogP contribution in [0.5, 0.6) is 0 Å². The zero-order chi connectivity index (χ0) is 13.0. The van der Waals surface area contributed by atoms with E-state index in [1.54, 1.807) is 0 Å². The first-order valence-corrected chi connectivity index (χ1v) is 6.98. The van der Waals surface area contributed by atoms with Crippen molar-refractivity contribution in [2.45, 2.75) is 58.0 Å². The summed E-state index contributed by atoms with van der Waals surface area (Å²) in [6.07, 6.45) is 7.90. The fraction of sp³-hybridized carbons (Fsp3) is 0.714. The summed E-state index contributed by atoms with van der Waals surface area (Å²) >= 11 is 0. The smallest absolute Gasteiger partial charge is 0.225 e. The average molecular weight is 248 g/mol. The number of hydrogen-bond donors (Lipinski definition) is 1. The van der Waals surface area contributed by atoms with Gasteiger partial charge < -0.3 is 10.6 Å². The van der Waals surface area contributed by atoms with Crippen molar-refractivity contribution in [3.05, 3.63) is 17.5 Å². The van der Waals surface area contributed by atoms with E-state index in [0.717, 1.165) is 17.3 Å². The second-order valence-corrected chi connectivity index (χ2v) is 5.26. The van der Waals surface area contributed by atoms with Gasteiger partial charge in [0.15, 0.2) is 0 Å². The normalized spacial score (nSPS) is 17.5. The summed E-state index contributed by atoms with van der Waals surface area (Å²) in [5.41, 5.74) is 7.61. The third kappa shape index (κ3) is 3.19. The number of rotatable bonds is 3. The molecule has 4 heteroatoms. The lowest BCUT2D eigenvalue weighted by Gasteiger charge is -2.27. The van der Waals surface area contributed by atoms with E-state index in [-0.39, 0.29) is 0 Å². The molecule has 1 saturated carbocycles. The SMILES string of the molecule is Cc1cc(CN)nc(N(C)C2CCCCCC2)n1. The lowest BCUT2D eigenvalue weighted by atomic mass is 10.1. The van der Waals surface area contributed by atoms with Crippen LogP contribution in [-0.2, 0) is 6.54 Å². The molecule has 0 radical (unpaired) electrons. The zero-order valence-corrected chi connectivity index (χ0v) is 11.5. The van der Waals surface area contributed by atoms with E-state index < -0.39 is 0 Å². The maximum absolute atomic E-state index is 5.68. The van der Waals surface area contributed by atoms with E-state index in [0.29, 0.717) is 12.6 Å². The summed E-state index contributed by atoms with van der Waals surface area (Å²) in [6.45, 7) is 2.49. The van der Waals surface area contributed by atoms with Gasteiger partial charge in [-0.05, 0) is 25.8 Å². The molecule has 1 heterocycles. The molecule has 1 aliphatic rings. The molecule has 4 nitrogen and oxygen atoms in total. The van der Waals surface area contributed by atoms with Gasteiger partial charge in [-0.2, -0.15) is 0 Å². The van der Waals surface area contributed by atoms with Crippen molar-refractivity contribution in [3.8, 4) is 0 Å². The predicted octanol–water partition coefficient (Wildman–Crippen LogP) is 2.40. The third-order valence-corrected chi connectivity index (χ3v) is 3.79. The van der Waals surface area contributed by atoms with E-state index in [4.69, 9.17) is 5.73 Å². The molecule has 1 aliphatic carbocycles. The van der Waals surface area contributed by atoms with Gasteiger partial charge in [0.2, 0.25) is 5.95 Å². The lowest BCUT2D eigenvalue weighted by molar-refractivity contribution is 0.543. The summed E-state index contributed by atoms with van der Waals surface area (Å²) in [5, 5.41) is 0. The summed E-state index contributed by atoms with van der Waals surface area (Å²) in [6, 6.07) is 2.55. The molecule has 2 rings (SSSR count). The first-order valence-electron chi connectivity index (χ1n) is 6.98. The van der Waals surface area contributed by atoms with Gasteiger partial charge in [-0.15, -0.1) is 0 Å². The van der Waals surface area contributed by atoms with Crippen molar-refractivity contribution in [3.63, 3.8) is 0 Å². The van der Waals surface area contributed by atoms with Crippen LogP contribution in [0.3, 0.4) is 0 Å². The molecule has 18 heavy (non-hydrogen) atoms. The molecule has 1 aromatic rings. The highest BCUT2D eigenvalue weighted by atomic mass is 15.3. The van der Waals surface area contributed by atoms with Crippen molar-refractivity contribution in [2.75, 3.05) is 11.9 Å². The van der Waals surface area contributed by atoms with E-state index in [1.165, 1.54) is 38.5 Å². The second kappa shape index (κ2) is 6.14. The fourth-order valence-electron chi connectivity index (χ4n) is 2.69.